The summed E-state index contributed by atoms with van der Waals surface area (Å²) in [5.41, 5.74) is 0.586. The lowest BCUT2D eigenvalue weighted by atomic mass is 9.98. The van der Waals surface area contributed by atoms with Crippen LogP contribution in [0.15, 0.2) is 47.6 Å². The Morgan fingerprint density at radius 3 is 2.53 bits per heavy atom. The monoisotopic (exact) mass is 434 g/mol. The molecule has 1 aliphatic rings. The van der Waals surface area contributed by atoms with Gasteiger partial charge in [-0.3, -0.25) is 4.98 Å². The van der Waals surface area contributed by atoms with Gasteiger partial charge in [-0.15, -0.1) is 0 Å². The van der Waals surface area contributed by atoms with E-state index in [1.54, 1.807) is 43.6 Å². The fraction of sp³-hybridized carbons (Fsp3) is 0.400. The SMILES string of the molecule is COc1ccc(NC(=O)NCC2CCN(S(=O)(=O)c3cccnc3)CC2)cc1OC. The molecule has 2 amide bonds. The van der Waals surface area contributed by atoms with Crippen LogP contribution in [0, 0.1) is 5.92 Å². The summed E-state index contributed by atoms with van der Waals surface area (Å²) < 4.78 is 37.2. The van der Waals surface area contributed by atoms with E-state index >= 15 is 0 Å². The van der Waals surface area contributed by atoms with Gasteiger partial charge in [0.15, 0.2) is 11.5 Å². The Morgan fingerprint density at radius 1 is 1.17 bits per heavy atom. The average Bonchev–Trinajstić information content (AvgIpc) is 2.78. The van der Waals surface area contributed by atoms with Gasteiger partial charge in [-0.25, -0.2) is 13.2 Å². The Bertz CT molecular complexity index is 960. The highest BCUT2D eigenvalue weighted by molar-refractivity contribution is 7.89. The first-order valence-electron chi connectivity index (χ1n) is 9.61. The van der Waals surface area contributed by atoms with Crippen LogP contribution in [0.2, 0.25) is 0 Å². The summed E-state index contributed by atoms with van der Waals surface area (Å²) in [7, 11) is -0.444. The number of ether oxygens (including phenoxy) is 2. The lowest BCUT2D eigenvalue weighted by Gasteiger charge is -2.31. The Hall–Kier alpha value is -2.85. The molecule has 1 saturated heterocycles. The summed E-state index contributed by atoms with van der Waals surface area (Å²) in [6, 6.07) is 7.96. The number of sulfonamides is 1. The molecule has 9 nitrogen and oxygen atoms in total. The number of aromatic nitrogens is 1. The molecule has 0 atom stereocenters. The molecule has 1 fully saturated rings. The van der Waals surface area contributed by atoms with Crippen molar-refractivity contribution in [1.29, 1.82) is 0 Å². The van der Waals surface area contributed by atoms with Crippen LogP contribution in [0.5, 0.6) is 11.5 Å². The molecule has 2 heterocycles. The first-order valence-corrected chi connectivity index (χ1v) is 11.0. The van der Waals surface area contributed by atoms with Crippen molar-refractivity contribution in [3.8, 4) is 11.5 Å². The van der Waals surface area contributed by atoms with Gasteiger partial charge in [0.1, 0.15) is 4.90 Å². The number of hydrogen-bond donors (Lipinski definition) is 2. The summed E-state index contributed by atoms with van der Waals surface area (Å²) in [6.45, 7) is 1.31. The molecule has 0 saturated carbocycles. The number of anilines is 1. The average molecular weight is 435 g/mol. The van der Waals surface area contributed by atoms with Crippen molar-refractivity contribution in [2.75, 3.05) is 39.2 Å². The first-order chi connectivity index (χ1) is 14.4. The van der Waals surface area contributed by atoms with Crippen LogP contribution in [0.4, 0.5) is 10.5 Å². The zero-order valence-corrected chi connectivity index (χ0v) is 17.8. The quantitative estimate of drug-likeness (QED) is 0.692. The lowest BCUT2D eigenvalue weighted by molar-refractivity contribution is 0.240. The third kappa shape index (κ3) is 5.19. The topological polar surface area (TPSA) is 110 Å². The number of nitrogens with one attached hydrogen (secondary N) is 2. The van der Waals surface area contributed by atoms with E-state index in [2.05, 4.69) is 15.6 Å². The van der Waals surface area contributed by atoms with Crippen molar-refractivity contribution in [3.63, 3.8) is 0 Å². The Morgan fingerprint density at radius 2 is 1.90 bits per heavy atom. The van der Waals surface area contributed by atoms with Crippen LogP contribution >= 0.6 is 0 Å². The number of hydrogen-bond acceptors (Lipinski definition) is 6. The molecule has 0 aliphatic carbocycles. The summed E-state index contributed by atoms with van der Waals surface area (Å²) in [5, 5.41) is 5.62. The number of pyridine rings is 1. The van der Waals surface area contributed by atoms with E-state index in [9.17, 15) is 13.2 Å². The van der Waals surface area contributed by atoms with E-state index in [4.69, 9.17) is 9.47 Å². The van der Waals surface area contributed by atoms with Crippen molar-refractivity contribution in [2.45, 2.75) is 17.7 Å². The van der Waals surface area contributed by atoms with Crippen LogP contribution in [-0.2, 0) is 10.0 Å². The second-order valence-corrected chi connectivity index (χ2v) is 8.88. The van der Waals surface area contributed by atoms with Gasteiger partial charge >= 0.3 is 6.03 Å². The van der Waals surface area contributed by atoms with Gasteiger partial charge in [0.25, 0.3) is 0 Å². The van der Waals surface area contributed by atoms with Crippen LogP contribution in [0.25, 0.3) is 0 Å². The van der Waals surface area contributed by atoms with Gasteiger partial charge in [0.05, 0.1) is 14.2 Å². The van der Waals surface area contributed by atoms with Gasteiger partial charge in [-0.1, -0.05) is 0 Å². The summed E-state index contributed by atoms with van der Waals surface area (Å²) >= 11 is 0. The molecule has 0 unspecified atom stereocenters. The van der Waals surface area contributed by atoms with Gasteiger partial charge in [-0.2, -0.15) is 4.31 Å². The number of carbonyl (C=O) groups is 1. The highest BCUT2D eigenvalue weighted by Crippen LogP contribution is 2.29. The molecule has 30 heavy (non-hydrogen) atoms. The molecule has 10 heteroatoms. The zero-order chi connectivity index (χ0) is 21.6. The maximum absolute atomic E-state index is 12.6. The minimum Gasteiger partial charge on any atom is -0.493 e. The van der Waals surface area contributed by atoms with Gasteiger partial charge in [0, 0.05) is 43.8 Å². The molecule has 0 bridgehead atoms. The largest absolute Gasteiger partial charge is 0.493 e. The lowest BCUT2D eigenvalue weighted by Crippen LogP contribution is -2.42. The predicted molar refractivity (Wildman–Crippen MR) is 112 cm³/mol. The highest BCUT2D eigenvalue weighted by atomic mass is 32.2. The van der Waals surface area contributed by atoms with E-state index in [-0.39, 0.29) is 16.8 Å². The number of piperidine rings is 1. The van der Waals surface area contributed by atoms with Crippen molar-refractivity contribution in [3.05, 3.63) is 42.7 Å². The Kier molecular flexibility index (Phi) is 7.11. The molecule has 2 aromatic rings. The molecule has 1 aliphatic heterocycles. The molecule has 1 aromatic heterocycles. The number of nitrogens with zero attached hydrogens (tertiary/aromatic N) is 2. The van der Waals surface area contributed by atoms with E-state index in [0.29, 0.717) is 49.7 Å². The molecule has 0 radical (unpaired) electrons. The fourth-order valence-corrected chi connectivity index (χ4v) is 4.76. The number of urea groups is 1. The van der Waals surface area contributed by atoms with Crippen molar-refractivity contribution < 1.29 is 22.7 Å². The van der Waals surface area contributed by atoms with Crippen LogP contribution in [-0.4, -0.2) is 57.6 Å². The number of carbonyl (C=O) groups excluding carboxylic acids is 1. The summed E-state index contributed by atoms with van der Waals surface area (Å²) in [4.78, 5) is 16.3. The second kappa shape index (κ2) is 9.77. The molecule has 2 N–H and O–H groups in total. The van der Waals surface area contributed by atoms with Crippen LogP contribution < -0.4 is 20.1 Å². The van der Waals surface area contributed by atoms with Crippen molar-refractivity contribution in [2.24, 2.45) is 5.92 Å². The van der Waals surface area contributed by atoms with E-state index in [0.717, 1.165) is 0 Å². The smallest absolute Gasteiger partial charge is 0.319 e. The van der Waals surface area contributed by atoms with Crippen LogP contribution in [0.3, 0.4) is 0 Å². The van der Waals surface area contributed by atoms with Gasteiger partial charge in [-0.05, 0) is 43.0 Å². The van der Waals surface area contributed by atoms with Gasteiger partial charge < -0.3 is 20.1 Å². The maximum atomic E-state index is 12.6. The number of benzene rings is 1. The van der Waals surface area contributed by atoms with E-state index in [1.807, 2.05) is 0 Å². The molecule has 3 rings (SSSR count). The van der Waals surface area contributed by atoms with Crippen LogP contribution in [0.1, 0.15) is 12.8 Å². The Balaban J connectivity index is 1.47. The van der Waals surface area contributed by atoms with E-state index < -0.39 is 10.0 Å². The van der Waals surface area contributed by atoms with Crippen molar-refractivity contribution in [1.82, 2.24) is 14.6 Å². The maximum Gasteiger partial charge on any atom is 0.319 e. The third-order valence-electron chi connectivity index (χ3n) is 5.04. The van der Waals surface area contributed by atoms with Crippen molar-refractivity contribution >= 4 is 21.7 Å². The normalized spacial score (nSPS) is 15.4. The minimum atomic E-state index is -3.52. The molecule has 162 valence electrons. The number of rotatable bonds is 7. The van der Waals surface area contributed by atoms with E-state index in [1.165, 1.54) is 17.6 Å². The third-order valence-corrected chi connectivity index (χ3v) is 6.92. The first kappa shape index (κ1) is 21.8. The summed E-state index contributed by atoms with van der Waals surface area (Å²) in [5.74, 6) is 1.32. The summed E-state index contributed by atoms with van der Waals surface area (Å²) in [6.07, 6.45) is 4.26. The highest BCUT2D eigenvalue weighted by Gasteiger charge is 2.29. The predicted octanol–water partition coefficient (Wildman–Crippen LogP) is 2.32. The number of amides is 2. The standard InChI is InChI=1S/C20H26N4O5S/c1-28-18-6-5-16(12-19(18)29-2)23-20(25)22-13-15-7-10-24(11-8-15)30(26,27)17-4-3-9-21-14-17/h3-6,9,12,14-15H,7-8,10-11,13H2,1-2H3,(H2,22,23,25). The fourth-order valence-electron chi connectivity index (χ4n) is 3.33. The zero-order valence-electron chi connectivity index (χ0n) is 17.0. The number of methoxy groups -OCH3 is 2. The minimum absolute atomic E-state index is 0.205. The van der Waals surface area contributed by atoms with Gasteiger partial charge in [0.2, 0.25) is 10.0 Å². The molecular weight excluding hydrogens is 408 g/mol. The Labute approximate surface area is 176 Å². The molecular formula is C20H26N4O5S. The molecule has 0 spiro atoms. The second-order valence-electron chi connectivity index (χ2n) is 6.94. The molecule has 1 aromatic carbocycles.